The van der Waals surface area contributed by atoms with Crippen LogP contribution in [0.3, 0.4) is 0 Å². The molecule has 0 unspecified atom stereocenters. The SMILES string of the molecule is CCOP(=O)(OCC)OOCCCNC(=O)CCCCCCCCCCS. The minimum Gasteiger partial charge on any atom is -0.356 e. The summed E-state index contributed by atoms with van der Waals surface area (Å²) in [5.74, 6) is 1.04. The van der Waals surface area contributed by atoms with Crippen LogP contribution in [0.15, 0.2) is 0 Å². The number of carbonyl (C=O) groups is 1. The van der Waals surface area contributed by atoms with Gasteiger partial charge in [-0.05, 0) is 38.9 Å². The lowest BCUT2D eigenvalue weighted by Gasteiger charge is -2.14. The van der Waals surface area contributed by atoms with Gasteiger partial charge in [-0.15, -0.1) is 4.67 Å². The van der Waals surface area contributed by atoms with Crippen molar-refractivity contribution in [3.8, 4) is 0 Å². The second kappa shape index (κ2) is 19.2. The van der Waals surface area contributed by atoms with Crippen LogP contribution in [0, 0.1) is 0 Å². The monoisotopic (exact) mass is 427 g/mol. The summed E-state index contributed by atoms with van der Waals surface area (Å²) in [4.78, 5) is 16.6. The highest BCUT2D eigenvalue weighted by atomic mass is 32.1. The fourth-order valence-electron chi connectivity index (χ4n) is 2.40. The van der Waals surface area contributed by atoms with Crippen molar-refractivity contribution < 1.29 is 28.0 Å². The molecule has 0 saturated heterocycles. The average Bonchev–Trinajstić information content (AvgIpc) is 2.63. The number of unbranched alkanes of at least 4 members (excludes halogenated alkanes) is 7. The molecule has 0 heterocycles. The van der Waals surface area contributed by atoms with Gasteiger partial charge in [-0.1, -0.05) is 38.5 Å². The van der Waals surface area contributed by atoms with Gasteiger partial charge >= 0.3 is 7.82 Å². The normalized spacial score (nSPS) is 11.7. The van der Waals surface area contributed by atoms with E-state index in [-0.39, 0.29) is 25.7 Å². The van der Waals surface area contributed by atoms with Crippen molar-refractivity contribution in [2.75, 3.05) is 32.1 Å². The van der Waals surface area contributed by atoms with Gasteiger partial charge in [-0.25, -0.2) is 9.45 Å². The number of carbonyl (C=O) groups excluding carboxylic acids is 1. The summed E-state index contributed by atoms with van der Waals surface area (Å²) in [6.45, 7) is 4.46. The number of phosphoric acid groups is 1. The smallest absolute Gasteiger partial charge is 0.356 e. The number of nitrogens with one attached hydrogen (secondary N) is 1. The Morgan fingerprint density at radius 2 is 1.44 bits per heavy atom. The number of thiol groups is 1. The van der Waals surface area contributed by atoms with E-state index in [4.69, 9.17) is 18.6 Å². The van der Waals surface area contributed by atoms with Crippen molar-refractivity contribution in [2.24, 2.45) is 0 Å². The van der Waals surface area contributed by atoms with E-state index in [1.807, 2.05) is 0 Å². The zero-order valence-electron chi connectivity index (χ0n) is 17.0. The Morgan fingerprint density at radius 3 is 2.00 bits per heavy atom. The Hall–Kier alpha value is -0.110. The standard InChI is InChI=1S/C18H38NO6PS/c1-3-23-26(21,24-4-2)25-22-16-13-15-19-18(20)14-11-9-7-5-6-8-10-12-17-27/h27H,3-17H2,1-2H3,(H,19,20). The van der Waals surface area contributed by atoms with Gasteiger partial charge in [0.2, 0.25) is 5.91 Å². The van der Waals surface area contributed by atoms with Gasteiger partial charge in [0.25, 0.3) is 0 Å². The van der Waals surface area contributed by atoms with Crippen molar-refractivity contribution in [1.29, 1.82) is 0 Å². The molecule has 0 aliphatic carbocycles. The molecule has 0 aromatic heterocycles. The van der Waals surface area contributed by atoms with Crippen LogP contribution in [0.1, 0.15) is 78.1 Å². The third-order valence-electron chi connectivity index (χ3n) is 3.76. The zero-order chi connectivity index (χ0) is 20.2. The topological polar surface area (TPSA) is 83.1 Å². The summed E-state index contributed by atoms with van der Waals surface area (Å²) in [5.41, 5.74) is 0. The minimum atomic E-state index is -3.63. The predicted octanol–water partition coefficient (Wildman–Crippen LogP) is 5.06. The largest absolute Gasteiger partial charge is 0.502 e. The predicted molar refractivity (Wildman–Crippen MR) is 111 cm³/mol. The van der Waals surface area contributed by atoms with Gasteiger partial charge in [0.15, 0.2) is 0 Å². The van der Waals surface area contributed by atoms with Crippen LogP contribution in [0.25, 0.3) is 0 Å². The van der Waals surface area contributed by atoms with Gasteiger partial charge in [0.1, 0.15) is 0 Å². The highest BCUT2D eigenvalue weighted by molar-refractivity contribution is 7.80. The Balaban J connectivity index is 3.47. The summed E-state index contributed by atoms with van der Waals surface area (Å²) in [6.07, 6.45) is 10.6. The highest BCUT2D eigenvalue weighted by Crippen LogP contribution is 2.49. The van der Waals surface area contributed by atoms with E-state index in [1.165, 1.54) is 38.5 Å². The van der Waals surface area contributed by atoms with Gasteiger partial charge in [-0.3, -0.25) is 13.8 Å². The van der Waals surface area contributed by atoms with E-state index in [9.17, 15) is 9.36 Å². The van der Waals surface area contributed by atoms with Gasteiger partial charge < -0.3 is 5.32 Å². The molecule has 1 amide bonds. The molecule has 0 atom stereocenters. The molecule has 0 spiro atoms. The maximum Gasteiger partial charge on any atom is 0.502 e. The molecule has 7 nitrogen and oxygen atoms in total. The average molecular weight is 428 g/mol. The molecule has 1 N–H and O–H groups in total. The molecule has 0 radical (unpaired) electrons. The van der Waals surface area contributed by atoms with Crippen LogP contribution in [-0.2, 0) is 28.0 Å². The maximum atomic E-state index is 11.9. The number of hydrogen-bond acceptors (Lipinski definition) is 7. The van der Waals surface area contributed by atoms with Crippen molar-refractivity contribution in [2.45, 2.75) is 78.1 Å². The van der Waals surface area contributed by atoms with Crippen molar-refractivity contribution in [3.05, 3.63) is 0 Å². The Bertz CT molecular complexity index is 390. The molecular weight excluding hydrogens is 389 g/mol. The molecule has 27 heavy (non-hydrogen) atoms. The summed E-state index contributed by atoms with van der Waals surface area (Å²) in [7, 11) is -3.63. The van der Waals surface area contributed by atoms with Gasteiger partial charge in [0.05, 0.1) is 19.8 Å². The van der Waals surface area contributed by atoms with Crippen LogP contribution >= 0.6 is 20.5 Å². The second-order valence-electron chi connectivity index (χ2n) is 6.18. The van der Waals surface area contributed by atoms with Crippen LogP contribution in [0.4, 0.5) is 0 Å². The molecule has 0 aliphatic heterocycles. The summed E-state index contributed by atoms with van der Waals surface area (Å²) in [5, 5.41) is 2.84. The number of rotatable bonds is 20. The molecule has 162 valence electrons. The van der Waals surface area contributed by atoms with E-state index in [1.54, 1.807) is 13.8 Å². The lowest BCUT2D eigenvalue weighted by atomic mass is 10.1. The molecule has 0 aromatic rings. The molecule has 9 heteroatoms. The minimum absolute atomic E-state index is 0.0546. The number of amides is 1. The van der Waals surface area contributed by atoms with Crippen LogP contribution in [-0.4, -0.2) is 38.0 Å². The van der Waals surface area contributed by atoms with Crippen LogP contribution in [0.2, 0.25) is 0 Å². The molecule has 0 fully saturated rings. The number of phosphoric ester groups is 1. The molecular formula is C18H38NO6PS. The fraction of sp³-hybridized carbons (Fsp3) is 0.944. The zero-order valence-corrected chi connectivity index (χ0v) is 18.7. The number of hydrogen-bond donors (Lipinski definition) is 2. The first-order chi connectivity index (χ1) is 13.1. The van der Waals surface area contributed by atoms with Crippen LogP contribution < -0.4 is 5.32 Å². The van der Waals surface area contributed by atoms with E-state index in [0.717, 1.165) is 18.6 Å². The first-order valence-corrected chi connectivity index (χ1v) is 12.2. The third kappa shape index (κ3) is 17.7. The molecule has 0 rings (SSSR count). The lowest BCUT2D eigenvalue weighted by Crippen LogP contribution is -2.24. The highest BCUT2D eigenvalue weighted by Gasteiger charge is 2.26. The second-order valence-corrected chi connectivity index (χ2v) is 8.19. The molecule has 0 aromatic carbocycles. The first-order valence-electron chi connectivity index (χ1n) is 10.2. The summed E-state index contributed by atoms with van der Waals surface area (Å²) in [6, 6.07) is 0. The Labute approximate surface area is 170 Å². The first kappa shape index (κ1) is 26.9. The van der Waals surface area contributed by atoms with Crippen LogP contribution in [0.5, 0.6) is 0 Å². The van der Waals surface area contributed by atoms with Crippen molar-refractivity contribution in [1.82, 2.24) is 5.32 Å². The molecule has 0 bridgehead atoms. The summed E-state index contributed by atoms with van der Waals surface area (Å²) < 4.78 is 26.5. The Kier molecular flexibility index (Phi) is 19.1. The Morgan fingerprint density at radius 1 is 0.889 bits per heavy atom. The van der Waals surface area contributed by atoms with E-state index in [0.29, 0.717) is 19.4 Å². The third-order valence-corrected chi connectivity index (χ3v) is 5.51. The quantitative estimate of drug-likeness (QED) is 0.0929. The fourth-order valence-corrected chi connectivity index (χ4v) is 3.62. The van der Waals surface area contributed by atoms with E-state index in [2.05, 4.69) is 17.9 Å². The molecule has 0 aliphatic rings. The summed E-state index contributed by atoms with van der Waals surface area (Å²) >= 11 is 4.21. The van der Waals surface area contributed by atoms with E-state index < -0.39 is 7.82 Å². The molecule has 0 saturated carbocycles. The van der Waals surface area contributed by atoms with Gasteiger partial charge in [0, 0.05) is 13.0 Å². The van der Waals surface area contributed by atoms with Crippen molar-refractivity contribution >= 4 is 26.4 Å². The van der Waals surface area contributed by atoms with Gasteiger partial charge in [-0.2, -0.15) is 12.6 Å². The van der Waals surface area contributed by atoms with Crippen molar-refractivity contribution in [3.63, 3.8) is 0 Å². The van der Waals surface area contributed by atoms with E-state index >= 15 is 0 Å². The lowest BCUT2D eigenvalue weighted by molar-refractivity contribution is -0.226. The maximum absolute atomic E-state index is 11.9.